The number of hydrogen-bond acceptors (Lipinski definition) is 4. The minimum atomic E-state index is -0.530. The van der Waals surface area contributed by atoms with Gasteiger partial charge in [0.15, 0.2) is 6.29 Å². The monoisotopic (exact) mass is 431 g/mol. The van der Waals surface area contributed by atoms with Gasteiger partial charge < -0.3 is 19.9 Å². The third-order valence-corrected chi connectivity index (χ3v) is 5.69. The largest absolute Gasteiger partial charge is 0.497 e. The van der Waals surface area contributed by atoms with Crippen molar-refractivity contribution in [2.45, 2.75) is 12.7 Å². The molecule has 1 atom stereocenters. The molecule has 6 heteroatoms. The van der Waals surface area contributed by atoms with E-state index in [9.17, 15) is 9.18 Å². The highest BCUT2D eigenvalue weighted by Gasteiger charge is 2.35. The number of allylic oxidation sites excluding steroid dienone is 1. The van der Waals surface area contributed by atoms with Crippen LogP contribution in [0.25, 0.3) is 5.70 Å². The van der Waals surface area contributed by atoms with Gasteiger partial charge in [0, 0.05) is 26.2 Å². The molecule has 0 spiro atoms. The van der Waals surface area contributed by atoms with Crippen LogP contribution in [-0.2, 0) is 6.42 Å². The molecule has 0 saturated heterocycles. The van der Waals surface area contributed by atoms with Crippen molar-refractivity contribution in [3.63, 3.8) is 0 Å². The van der Waals surface area contributed by atoms with Crippen LogP contribution < -0.4 is 10.1 Å². The van der Waals surface area contributed by atoms with Crippen LogP contribution in [0.5, 0.6) is 5.75 Å². The molecule has 1 N–H and O–H groups in total. The van der Waals surface area contributed by atoms with E-state index in [2.05, 4.69) is 17.4 Å². The summed E-state index contributed by atoms with van der Waals surface area (Å²) in [7, 11) is 5.25. The van der Waals surface area contributed by atoms with Gasteiger partial charge in [0.1, 0.15) is 11.6 Å². The summed E-state index contributed by atoms with van der Waals surface area (Å²) >= 11 is 0. The van der Waals surface area contributed by atoms with Crippen molar-refractivity contribution in [2.24, 2.45) is 0 Å². The molecule has 4 rings (SSSR count). The molecule has 0 bridgehead atoms. The van der Waals surface area contributed by atoms with Gasteiger partial charge in [0.05, 0.1) is 18.4 Å². The number of halogens is 1. The molecule has 0 radical (unpaired) electrons. The lowest BCUT2D eigenvalue weighted by Gasteiger charge is -2.32. The number of carbonyl (C=O) groups is 1. The summed E-state index contributed by atoms with van der Waals surface area (Å²) < 4.78 is 19.6. The third-order valence-electron chi connectivity index (χ3n) is 5.69. The van der Waals surface area contributed by atoms with Crippen molar-refractivity contribution < 1.29 is 13.9 Å². The van der Waals surface area contributed by atoms with Gasteiger partial charge >= 0.3 is 0 Å². The second kappa shape index (κ2) is 9.14. The maximum absolute atomic E-state index is 14.3. The van der Waals surface area contributed by atoms with E-state index in [1.807, 2.05) is 54.4 Å². The van der Waals surface area contributed by atoms with Gasteiger partial charge in [-0.15, -0.1) is 0 Å². The first kappa shape index (κ1) is 21.4. The first-order valence-corrected chi connectivity index (χ1v) is 10.4. The molecule has 1 unspecified atom stereocenters. The summed E-state index contributed by atoms with van der Waals surface area (Å²) in [4.78, 5) is 16.6. The Labute approximate surface area is 187 Å². The molecule has 5 nitrogen and oxygen atoms in total. The summed E-state index contributed by atoms with van der Waals surface area (Å²) in [5.41, 5.74) is 4.17. The Kier molecular flexibility index (Phi) is 6.12. The van der Waals surface area contributed by atoms with Crippen LogP contribution in [0.3, 0.4) is 0 Å². The summed E-state index contributed by atoms with van der Waals surface area (Å²) in [6, 6.07) is 24.0. The minimum Gasteiger partial charge on any atom is -0.497 e. The highest BCUT2D eigenvalue weighted by molar-refractivity contribution is 5.94. The summed E-state index contributed by atoms with van der Waals surface area (Å²) in [6.07, 6.45) is 0.211. The lowest BCUT2D eigenvalue weighted by Crippen LogP contribution is -2.51. The fraction of sp³-hybridized carbons (Fsp3) is 0.192. The number of benzene rings is 3. The van der Waals surface area contributed by atoms with Gasteiger partial charge in [0.2, 0.25) is 0 Å². The molecule has 164 valence electrons. The van der Waals surface area contributed by atoms with E-state index in [0.717, 1.165) is 28.3 Å². The van der Waals surface area contributed by atoms with E-state index in [0.29, 0.717) is 6.42 Å². The lowest BCUT2D eigenvalue weighted by atomic mass is 10.0. The van der Waals surface area contributed by atoms with Crippen molar-refractivity contribution in [3.8, 4) is 5.75 Å². The van der Waals surface area contributed by atoms with Crippen molar-refractivity contribution in [2.75, 3.05) is 21.2 Å². The Morgan fingerprint density at radius 2 is 1.69 bits per heavy atom. The van der Waals surface area contributed by atoms with E-state index < -0.39 is 12.1 Å². The molecule has 3 aromatic rings. The van der Waals surface area contributed by atoms with E-state index in [1.54, 1.807) is 26.3 Å². The summed E-state index contributed by atoms with van der Waals surface area (Å²) in [5, 5.41) is 3.49. The quantitative estimate of drug-likeness (QED) is 0.631. The number of rotatable bonds is 6. The van der Waals surface area contributed by atoms with E-state index in [4.69, 9.17) is 4.74 Å². The van der Waals surface area contributed by atoms with E-state index in [-0.39, 0.29) is 11.5 Å². The average Bonchev–Trinajstić information content (AvgIpc) is 3.14. The number of amides is 1. The van der Waals surface area contributed by atoms with Gasteiger partial charge in [-0.05, 0) is 47.5 Å². The topological polar surface area (TPSA) is 44.8 Å². The van der Waals surface area contributed by atoms with Crippen LogP contribution in [0.15, 0.2) is 84.6 Å². The first-order chi connectivity index (χ1) is 15.5. The van der Waals surface area contributed by atoms with Gasteiger partial charge in [-0.3, -0.25) is 4.79 Å². The molecule has 1 aliphatic heterocycles. The van der Waals surface area contributed by atoms with Crippen LogP contribution in [0.1, 0.15) is 21.5 Å². The molecule has 0 aromatic heterocycles. The minimum absolute atomic E-state index is 0.0488. The normalized spacial score (nSPS) is 15.5. The SMILES string of the molecule is COc1ccc(C2=C(Cc3ccccc3)NC(N(C)C(=O)c3ccccc3F)N2C)cc1. The van der Waals surface area contributed by atoms with Crippen molar-refractivity contribution in [1.82, 2.24) is 15.1 Å². The van der Waals surface area contributed by atoms with E-state index >= 15 is 0 Å². The highest BCUT2D eigenvalue weighted by atomic mass is 19.1. The summed E-state index contributed by atoms with van der Waals surface area (Å²) in [6.45, 7) is 0. The highest BCUT2D eigenvalue weighted by Crippen LogP contribution is 2.32. The first-order valence-electron chi connectivity index (χ1n) is 10.4. The average molecular weight is 432 g/mol. The van der Waals surface area contributed by atoms with Crippen molar-refractivity contribution in [3.05, 3.63) is 107 Å². The molecule has 3 aromatic carbocycles. The Balaban J connectivity index is 1.67. The predicted molar refractivity (Wildman–Crippen MR) is 123 cm³/mol. The zero-order valence-corrected chi connectivity index (χ0v) is 18.4. The van der Waals surface area contributed by atoms with Gasteiger partial charge in [-0.25, -0.2) is 4.39 Å². The zero-order valence-electron chi connectivity index (χ0n) is 18.4. The molecule has 0 fully saturated rings. The molecular weight excluding hydrogens is 405 g/mol. The Morgan fingerprint density at radius 3 is 2.34 bits per heavy atom. The molecule has 32 heavy (non-hydrogen) atoms. The maximum Gasteiger partial charge on any atom is 0.259 e. The number of hydrogen-bond donors (Lipinski definition) is 1. The zero-order chi connectivity index (χ0) is 22.7. The predicted octanol–water partition coefficient (Wildman–Crippen LogP) is 4.34. The van der Waals surface area contributed by atoms with Crippen molar-refractivity contribution >= 4 is 11.6 Å². The van der Waals surface area contributed by atoms with Crippen LogP contribution >= 0.6 is 0 Å². The molecule has 1 amide bonds. The fourth-order valence-corrected chi connectivity index (χ4v) is 4.01. The smallest absolute Gasteiger partial charge is 0.259 e. The molecule has 1 aliphatic rings. The number of nitrogens with one attached hydrogen (secondary N) is 1. The number of methoxy groups -OCH3 is 1. The molecular formula is C26H26FN3O2. The van der Waals surface area contributed by atoms with Gasteiger partial charge in [-0.1, -0.05) is 42.5 Å². The number of nitrogens with zero attached hydrogens (tertiary/aromatic N) is 2. The van der Waals surface area contributed by atoms with Crippen molar-refractivity contribution in [1.29, 1.82) is 0 Å². The molecule has 0 aliphatic carbocycles. The number of ether oxygens (including phenoxy) is 1. The Bertz CT molecular complexity index is 1130. The third kappa shape index (κ3) is 4.17. The lowest BCUT2D eigenvalue weighted by molar-refractivity contribution is 0.0576. The van der Waals surface area contributed by atoms with Crippen LogP contribution in [0.4, 0.5) is 4.39 Å². The molecule has 0 saturated carbocycles. The maximum atomic E-state index is 14.3. The van der Waals surface area contributed by atoms with Crippen LogP contribution in [-0.4, -0.2) is 43.2 Å². The number of carbonyl (C=O) groups excluding carboxylic acids is 1. The van der Waals surface area contributed by atoms with Gasteiger partial charge in [0.25, 0.3) is 5.91 Å². The fourth-order valence-electron chi connectivity index (χ4n) is 4.01. The van der Waals surface area contributed by atoms with Crippen LogP contribution in [0.2, 0.25) is 0 Å². The van der Waals surface area contributed by atoms with Crippen LogP contribution in [0, 0.1) is 5.82 Å². The van der Waals surface area contributed by atoms with E-state index in [1.165, 1.54) is 17.0 Å². The second-order valence-corrected chi connectivity index (χ2v) is 7.74. The second-order valence-electron chi connectivity index (χ2n) is 7.74. The Hall–Kier alpha value is -3.80. The standard InChI is InChI=1S/C26H26FN3O2/c1-29-24(19-13-15-20(32-3)16-14-19)23(17-18-9-5-4-6-10-18)28-26(29)30(2)25(31)21-11-7-8-12-22(21)27/h4-16,26,28H,17H2,1-3H3. The molecule has 1 heterocycles. The van der Waals surface area contributed by atoms with Gasteiger partial charge in [-0.2, -0.15) is 0 Å². The summed E-state index contributed by atoms with van der Waals surface area (Å²) in [5.74, 6) is -0.142. The Morgan fingerprint density at radius 1 is 1.03 bits per heavy atom.